The Balaban J connectivity index is 2.12. The van der Waals surface area contributed by atoms with Gasteiger partial charge in [0.1, 0.15) is 0 Å². The third-order valence-corrected chi connectivity index (χ3v) is 4.21. The van der Waals surface area contributed by atoms with Gasteiger partial charge in [-0.15, -0.1) is 11.8 Å². The zero-order chi connectivity index (χ0) is 11.8. The van der Waals surface area contributed by atoms with Crippen molar-refractivity contribution in [1.29, 1.82) is 0 Å². The number of nitrogens with zero attached hydrogens (tertiary/aromatic N) is 1. The monoisotopic (exact) mass is 245 g/mol. The SMILES string of the molecule is CNCCN(C)C(=O)CSC1CCNCC1. The summed E-state index contributed by atoms with van der Waals surface area (Å²) in [7, 11) is 3.78. The van der Waals surface area contributed by atoms with E-state index in [1.807, 2.05) is 30.8 Å². The molecule has 0 atom stereocenters. The molecule has 0 radical (unpaired) electrons. The molecule has 0 aromatic carbocycles. The zero-order valence-corrected chi connectivity index (χ0v) is 11.1. The van der Waals surface area contributed by atoms with E-state index in [0.29, 0.717) is 11.0 Å². The molecule has 1 fully saturated rings. The molecule has 5 heteroatoms. The fourth-order valence-corrected chi connectivity index (χ4v) is 2.83. The second-order valence-corrected chi connectivity index (χ2v) is 5.47. The Morgan fingerprint density at radius 1 is 1.50 bits per heavy atom. The maximum absolute atomic E-state index is 11.8. The number of carbonyl (C=O) groups is 1. The second-order valence-electron chi connectivity index (χ2n) is 4.18. The molecule has 2 N–H and O–H groups in total. The predicted octanol–water partition coefficient (Wildman–Crippen LogP) is 0.149. The molecule has 4 nitrogen and oxygen atoms in total. The van der Waals surface area contributed by atoms with Crippen LogP contribution in [0.15, 0.2) is 0 Å². The number of nitrogens with one attached hydrogen (secondary N) is 2. The fraction of sp³-hybridized carbons (Fsp3) is 0.909. The summed E-state index contributed by atoms with van der Waals surface area (Å²) in [6, 6.07) is 0. The molecule has 0 unspecified atom stereocenters. The van der Waals surface area contributed by atoms with Gasteiger partial charge < -0.3 is 15.5 Å². The number of hydrogen-bond donors (Lipinski definition) is 2. The van der Waals surface area contributed by atoms with Crippen LogP contribution in [0.25, 0.3) is 0 Å². The van der Waals surface area contributed by atoms with Gasteiger partial charge in [-0.3, -0.25) is 4.79 Å². The lowest BCUT2D eigenvalue weighted by atomic mass is 10.2. The topological polar surface area (TPSA) is 44.4 Å². The van der Waals surface area contributed by atoms with Crippen molar-refractivity contribution in [1.82, 2.24) is 15.5 Å². The van der Waals surface area contributed by atoms with E-state index in [1.165, 1.54) is 12.8 Å². The lowest BCUT2D eigenvalue weighted by molar-refractivity contribution is -0.127. The van der Waals surface area contributed by atoms with Crippen LogP contribution in [-0.2, 0) is 4.79 Å². The summed E-state index contributed by atoms with van der Waals surface area (Å²) in [5.41, 5.74) is 0. The van der Waals surface area contributed by atoms with Crippen molar-refractivity contribution >= 4 is 17.7 Å². The quantitative estimate of drug-likeness (QED) is 0.699. The summed E-state index contributed by atoms with van der Waals surface area (Å²) >= 11 is 1.82. The van der Waals surface area contributed by atoms with E-state index in [9.17, 15) is 4.79 Å². The number of thioether (sulfide) groups is 1. The highest BCUT2D eigenvalue weighted by atomic mass is 32.2. The first kappa shape index (κ1) is 13.8. The standard InChI is InChI=1S/C11H23N3OS/c1-12-7-8-14(2)11(15)9-16-10-3-5-13-6-4-10/h10,12-13H,3-9H2,1-2H3. The van der Waals surface area contributed by atoms with Crippen molar-refractivity contribution < 1.29 is 4.79 Å². The van der Waals surface area contributed by atoms with Crippen molar-refractivity contribution in [3.63, 3.8) is 0 Å². The lowest BCUT2D eigenvalue weighted by Crippen LogP contribution is -2.35. The van der Waals surface area contributed by atoms with E-state index in [-0.39, 0.29) is 5.91 Å². The van der Waals surface area contributed by atoms with Gasteiger partial charge in [-0.2, -0.15) is 0 Å². The highest BCUT2D eigenvalue weighted by Gasteiger charge is 2.16. The maximum Gasteiger partial charge on any atom is 0.232 e. The van der Waals surface area contributed by atoms with Gasteiger partial charge >= 0.3 is 0 Å². The number of hydrogen-bond acceptors (Lipinski definition) is 4. The highest BCUT2D eigenvalue weighted by Crippen LogP contribution is 2.20. The van der Waals surface area contributed by atoms with Crippen LogP contribution in [0.4, 0.5) is 0 Å². The third kappa shape index (κ3) is 5.18. The van der Waals surface area contributed by atoms with Gasteiger partial charge in [-0.1, -0.05) is 0 Å². The smallest absolute Gasteiger partial charge is 0.232 e. The van der Waals surface area contributed by atoms with Crippen LogP contribution in [0.3, 0.4) is 0 Å². The van der Waals surface area contributed by atoms with Crippen LogP contribution in [0.2, 0.25) is 0 Å². The van der Waals surface area contributed by atoms with Gasteiger partial charge in [0.15, 0.2) is 0 Å². The van der Waals surface area contributed by atoms with E-state index >= 15 is 0 Å². The number of rotatable bonds is 6. The molecule has 1 amide bonds. The molecular weight excluding hydrogens is 222 g/mol. The minimum Gasteiger partial charge on any atom is -0.344 e. The zero-order valence-electron chi connectivity index (χ0n) is 10.3. The Labute approximate surface area is 103 Å². The van der Waals surface area contributed by atoms with E-state index in [2.05, 4.69) is 10.6 Å². The Kier molecular flexibility index (Phi) is 6.84. The molecule has 16 heavy (non-hydrogen) atoms. The molecule has 0 aromatic heterocycles. The molecule has 1 rings (SSSR count). The van der Waals surface area contributed by atoms with E-state index < -0.39 is 0 Å². The van der Waals surface area contributed by atoms with Crippen LogP contribution < -0.4 is 10.6 Å². The Morgan fingerprint density at radius 3 is 2.81 bits per heavy atom. The average molecular weight is 245 g/mol. The summed E-state index contributed by atoms with van der Waals surface area (Å²) in [5.74, 6) is 0.879. The summed E-state index contributed by atoms with van der Waals surface area (Å²) in [4.78, 5) is 13.6. The fourth-order valence-electron chi connectivity index (χ4n) is 1.67. The van der Waals surface area contributed by atoms with Gasteiger partial charge in [-0.25, -0.2) is 0 Å². The average Bonchev–Trinajstić information content (AvgIpc) is 2.34. The molecule has 1 aliphatic heterocycles. The highest BCUT2D eigenvalue weighted by molar-refractivity contribution is 8.00. The minimum atomic E-state index is 0.249. The maximum atomic E-state index is 11.8. The molecular formula is C11H23N3OS. The Hall–Kier alpha value is -0.260. The summed E-state index contributed by atoms with van der Waals surface area (Å²) < 4.78 is 0. The van der Waals surface area contributed by atoms with Gasteiger partial charge in [0, 0.05) is 25.4 Å². The van der Waals surface area contributed by atoms with Gasteiger partial charge in [0.2, 0.25) is 5.91 Å². The van der Waals surface area contributed by atoms with Crippen LogP contribution in [0, 0.1) is 0 Å². The van der Waals surface area contributed by atoms with Crippen molar-refractivity contribution in [3.8, 4) is 0 Å². The lowest BCUT2D eigenvalue weighted by Gasteiger charge is -2.23. The van der Waals surface area contributed by atoms with Crippen molar-refractivity contribution in [2.45, 2.75) is 18.1 Å². The van der Waals surface area contributed by atoms with Gasteiger partial charge in [-0.05, 0) is 33.0 Å². The number of piperidine rings is 1. The molecule has 0 aromatic rings. The predicted molar refractivity (Wildman–Crippen MR) is 69.9 cm³/mol. The van der Waals surface area contributed by atoms with Crippen molar-refractivity contribution in [2.24, 2.45) is 0 Å². The first-order valence-electron chi connectivity index (χ1n) is 5.95. The van der Waals surface area contributed by atoms with E-state index in [0.717, 1.165) is 26.2 Å². The normalized spacial score (nSPS) is 17.4. The van der Waals surface area contributed by atoms with Crippen LogP contribution in [0.1, 0.15) is 12.8 Å². The van der Waals surface area contributed by atoms with Gasteiger partial charge in [0.05, 0.1) is 5.75 Å². The Bertz CT molecular complexity index is 207. The van der Waals surface area contributed by atoms with E-state index in [4.69, 9.17) is 0 Å². The number of amides is 1. The van der Waals surface area contributed by atoms with Crippen LogP contribution in [-0.4, -0.2) is 62.1 Å². The van der Waals surface area contributed by atoms with Crippen LogP contribution >= 0.6 is 11.8 Å². The summed E-state index contributed by atoms with van der Waals surface area (Å²) in [6.07, 6.45) is 2.39. The summed E-state index contributed by atoms with van der Waals surface area (Å²) in [6.45, 7) is 3.85. The molecule has 0 aliphatic carbocycles. The molecule has 94 valence electrons. The Morgan fingerprint density at radius 2 is 2.19 bits per heavy atom. The molecule has 1 aliphatic rings. The third-order valence-electron chi connectivity index (χ3n) is 2.85. The number of carbonyl (C=O) groups excluding carboxylic acids is 1. The minimum absolute atomic E-state index is 0.249. The van der Waals surface area contributed by atoms with Crippen LogP contribution in [0.5, 0.6) is 0 Å². The van der Waals surface area contributed by atoms with Gasteiger partial charge in [0.25, 0.3) is 0 Å². The van der Waals surface area contributed by atoms with Crippen molar-refractivity contribution in [2.75, 3.05) is 46.0 Å². The summed E-state index contributed by atoms with van der Waals surface area (Å²) in [5, 5.41) is 7.06. The molecule has 0 spiro atoms. The molecule has 1 heterocycles. The van der Waals surface area contributed by atoms with E-state index in [1.54, 1.807) is 0 Å². The second kappa shape index (κ2) is 7.92. The molecule has 0 saturated carbocycles. The first-order chi connectivity index (χ1) is 7.74. The van der Waals surface area contributed by atoms with Crippen molar-refractivity contribution in [3.05, 3.63) is 0 Å². The molecule has 0 bridgehead atoms. The number of likely N-dealkylation sites (N-methyl/N-ethyl adjacent to an activating group) is 2. The largest absolute Gasteiger partial charge is 0.344 e. The molecule has 1 saturated heterocycles. The first-order valence-corrected chi connectivity index (χ1v) is 7.00.